The molecule has 0 aliphatic carbocycles. The Hall–Kier alpha value is -2.39. The Labute approximate surface area is 167 Å². The first-order valence-electron chi connectivity index (χ1n) is 9.83. The second-order valence-corrected chi connectivity index (χ2v) is 8.41. The molecule has 0 unspecified atom stereocenters. The third kappa shape index (κ3) is 4.05. The molecule has 1 aliphatic heterocycles. The maximum atomic E-state index is 12.5. The van der Waals surface area contributed by atoms with Crippen molar-refractivity contribution in [2.75, 3.05) is 25.4 Å². The van der Waals surface area contributed by atoms with E-state index in [0.29, 0.717) is 24.3 Å². The molecule has 1 fully saturated rings. The first-order valence-corrected chi connectivity index (χ1v) is 10.6. The minimum Gasteiger partial charge on any atom is -0.463 e. The number of H-pyrrole nitrogens is 1. The van der Waals surface area contributed by atoms with Crippen molar-refractivity contribution < 1.29 is 4.74 Å². The summed E-state index contributed by atoms with van der Waals surface area (Å²) in [5.74, 6) is 0.230. The van der Waals surface area contributed by atoms with Gasteiger partial charge in [0.2, 0.25) is 0 Å². The molecule has 4 heterocycles. The van der Waals surface area contributed by atoms with E-state index in [1.165, 1.54) is 30.8 Å². The molecule has 3 aromatic heterocycles. The quantitative estimate of drug-likeness (QED) is 0.562. The van der Waals surface area contributed by atoms with E-state index < -0.39 is 0 Å². The van der Waals surface area contributed by atoms with Crippen LogP contribution in [0.2, 0.25) is 0 Å². The number of anilines is 1. The zero-order valence-corrected chi connectivity index (χ0v) is 16.9. The highest BCUT2D eigenvalue weighted by molar-refractivity contribution is 7.11. The second-order valence-electron chi connectivity index (χ2n) is 7.16. The monoisotopic (exact) mass is 402 g/mol. The normalized spacial score (nSPS) is 14.9. The standard InChI is InChI=1S/C19H26N6O2S/c1-2-3-10-27-18-22-16(20)15-17(23-18)25(19(26)21-15)12-14-7-6-13(28-14)11-24-8-4-5-9-24/h6-7H,2-5,8-12H2,1H3,(H,21,26)(H2,20,22,23). The van der Waals surface area contributed by atoms with Crippen molar-refractivity contribution in [1.29, 1.82) is 0 Å². The number of nitrogens with two attached hydrogens (primary N) is 1. The van der Waals surface area contributed by atoms with Crippen LogP contribution in [0.4, 0.5) is 5.82 Å². The van der Waals surface area contributed by atoms with Crippen molar-refractivity contribution in [3.05, 3.63) is 32.4 Å². The number of imidazole rings is 1. The fourth-order valence-electron chi connectivity index (χ4n) is 3.46. The van der Waals surface area contributed by atoms with Crippen molar-refractivity contribution in [2.45, 2.75) is 45.7 Å². The van der Waals surface area contributed by atoms with Crippen LogP contribution in [-0.4, -0.2) is 44.1 Å². The Kier molecular flexibility index (Phi) is 5.63. The van der Waals surface area contributed by atoms with Gasteiger partial charge >= 0.3 is 11.7 Å². The number of hydrogen-bond acceptors (Lipinski definition) is 7. The van der Waals surface area contributed by atoms with Crippen LogP contribution in [0.1, 0.15) is 42.4 Å². The van der Waals surface area contributed by atoms with Crippen molar-refractivity contribution in [1.82, 2.24) is 24.4 Å². The number of thiophene rings is 1. The van der Waals surface area contributed by atoms with Crippen LogP contribution in [0.15, 0.2) is 16.9 Å². The zero-order chi connectivity index (χ0) is 19.5. The zero-order valence-electron chi connectivity index (χ0n) is 16.1. The molecule has 28 heavy (non-hydrogen) atoms. The summed E-state index contributed by atoms with van der Waals surface area (Å²) in [5, 5.41) is 0. The topological polar surface area (TPSA) is 102 Å². The molecule has 0 saturated carbocycles. The summed E-state index contributed by atoms with van der Waals surface area (Å²) in [6.07, 6.45) is 4.50. The van der Waals surface area contributed by atoms with Crippen molar-refractivity contribution in [2.24, 2.45) is 0 Å². The molecule has 3 aromatic rings. The van der Waals surface area contributed by atoms with E-state index in [9.17, 15) is 4.79 Å². The minimum absolute atomic E-state index is 0.215. The molecular formula is C19H26N6O2S. The Morgan fingerprint density at radius 2 is 1.96 bits per heavy atom. The summed E-state index contributed by atoms with van der Waals surface area (Å²) in [4.78, 5) is 28.8. The van der Waals surface area contributed by atoms with Gasteiger partial charge in [-0.15, -0.1) is 11.3 Å². The van der Waals surface area contributed by atoms with E-state index in [2.05, 4.69) is 38.9 Å². The highest BCUT2D eigenvalue weighted by Crippen LogP contribution is 2.23. The molecule has 0 amide bonds. The van der Waals surface area contributed by atoms with Crippen LogP contribution in [0, 0.1) is 0 Å². The molecule has 0 aromatic carbocycles. The molecule has 150 valence electrons. The number of nitrogen functional groups attached to an aromatic ring is 1. The third-order valence-electron chi connectivity index (χ3n) is 4.97. The fraction of sp³-hybridized carbons (Fsp3) is 0.526. The summed E-state index contributed by atoms with van der Waals surface area (Å²) in [6.45, 7) is 6.40. The van der Waals surface area contributed by atoms with E-state index in [1.807, 2.05) is 0 Å². The van der Waals surface area contributed by atoms with Crippen LogP contribution in [0.5, 0.6) is 6.01 Å². The molecule has 0 atom stereocenters. The molecule has 9 heteroatoms. The summed E-state index contributed by atoms with van der Waals surface area (Å²) < 4.78 is 7.20. The highest BCUT2D eigenvalue weighted by Gasteiger charge is 2.17. The number of ether oxygens (including phenoxy) is 1. The molecule has 0 radical (unpaired) electrons. The maximum Gasteiger partial charge on any atom is 0.328 e. The van der Waals surface area contributed by atoms with E-state index >= 15 is 0 Å². The van der Waals surface area contributed by atoms with Gasteiger partial charge in [0, 0.05) is 16.3 Å². The number of aromatic nitrogens is 4. The Bertz CT molecular complexity index is 1000. The average molecular weight is 403 g/mol. The number of rotatable bonds is 8. The van der Waals surface area contributed by atoms with E-state index in [0.717, 1.165) is 24.3 Å². The molecule has 8 nitrogen and oxygen atoms in total. The summed E-state index contributed by atoms with van der Waals surface area (Å²) >= 11 is 1.74. The van der Waals surface area contributed by atoms with Gasteiger partial charge in [-0.3, -0.25) is 9.47 Å². The number of nitrogens with one attached hydrogen (secondary N) is 1. The summed E-state index contributed by atoms with van der Waals surface area (Å²) in [6, 6.07) is 4.46. The fourth-order valence-corrected chi connectivity index (χ4v) is 4.51. The average Bonchev–Trinajstić information content (AvgIpc) is 3.40. The van der Waals surface area contributed by atoms with Crippen molar-refractivity contribution >= 4 is 28.3 Å². The summed E-state index contributed by atoms with van der Waals surface area (Å²) in [7, 11) is 0. The summed E-state index contributed by atoms with van der Waals surface area (Å²) in [5.41, 5.74) is 6.72. The van der Waals surface area contributed by atoms with Gasteiger partial charge < -0.3 is 15.5 Å². The van der Waals surface area contributed by atoms with Gasteiger partial charge in [0.1, 0.15) is 5.52 Å². The molecule has 1 saturated heterocycles. The molecule has 0 spiro atoms. The number of likely N-dealkylation sites (tertiary alicyclic amines) is 1. The highest BCUT2D eigenvalue weighted by atomic mass is 32.1. The Morgan fingerprint density at radius 3 is 2.71 bits per heavy atom. The predicted octanol–water partition coefficient (Wildman–Crippen LogP) is 2.59. The lowest BCUT2D eigenvalue weighted by Gasteiger charge is -2.12. The Morgan fingerprint density at radius 1 is 1.21 bits per heavy atom. The van der Waals surface area contributed by atoms with Gasteiger partial charge in [-0.2, -0.15) is 9.97 Å². The first-order chi connectivity index (χ1) is 13.6. The number of fused-ring (bicyclic) bond motifs is 1. The van der Waals surface area contributed by atoms with E-state index in [1.54, 1.807) is 15.9 Å². The molecule has 3 N–H and O–H groups in total. The molecule has 0 bridgehead atoms. The number of unbranched alkanes of at least 4 members (excludes halogenated alkanes) is 1. The lowest BCUT2D eigenvalue weighted by atomic mass is 10.4. The van der Waals surface area contributed by atoms with Crippen LogP contribution in [0.25, 0.3) is 11.2 Å². The van der Waals surface area contributed by atoms with Crippen LogP contribution < -0.4 is 16.2 Å². The predicted molar refractivity (Wildman–Crippen MR) is 111 cm³/mol. The lowest BCUT2D eigenvalue weighted by molar-refractivity contribution is 0.286. The van der Waals surface area contributed by atoms with Gasteiger partial charge in [0.25, 0.3) is 0 Å². The largest absolute Gasteiger partial charge is 0.463 e. The van der Waals surface area contributed by atoms with E-state index in [4.69, 9.17) is 10.5 Å². The van der Waals surface area contributed by atoms with Crippen molar-refractivity contribution in [3.63, 3.8) is 0 Å². The smallest absolute Gasteiger partial charge is 0.328 e. The Balaban J connectivity index is 1.56. The molecule has 4 rings (SSSR count). The van der Waals surface area contributed by atoms with Crippen LogP contribution in [0.3, 0.4) is 0 Å². The van der Waals surface area contributed by atoms with Crippen LogP contribution >= 0.6 is 11.3 Å². The molecular weight excluding hydrogens is 376 g/mol. The van der Waals surface area contributed by atoms with Gasteiger partial charge in [-0.1, -0.05) is 13.3 Å². The van der Waals surface area contributed by atoms with Gasteiger partial charge in [0.15, 0.2) is 11.5 Å². The van der Waals surface area contributed by atoms with E-state index in [-0.39, 0.29) is 17.5 Å². The molecule has 1 aliphatic rings. The lowest BCUT2D eigenvalue weighted by Crippen LogP contribution is -2.17. The van der Waals surface area contributed by atoms with Crippen LogP contribution in [-0.2, 0) is 13.1 Å². The number of aromatic amines is 1. The minimum atomic E-state index is -0.240. The first kappa shape index (κ1) is 18.9. The maximum absolute atomic E-state index is 12.5. The second kappa shape index (κ2) is 8.32. The number of hydrogen-bond donors (Lipinski definition) is 2. The SMILES string of the molecule is CCCCOc1nc(N)c2[nH]c(=O)n(Cc3ccc(CN4CCCC4)s3)c2n1. The third-order valence-corrected chi connectivity index (χ3v) is 6.02. The van der Waals surface area contributed by atoms with Crippen molar-refractivity contribution in [3.8, 4) is 6.01 Å². The van der Waals surface area contributed by atoms with Gasteiger partial charge in [-0.05, 0) is 44.5 Å². The van der Waals surface area contributed by atoms with Gasteiger partial charge in [0.05, 0.1) is 13.2 Å². The van der Waals surface area contributed by atoms with Gasteiger partial charge in [-0.25, -0.2) is 4.79 Å². The number of nitrogens with zero attached hydrogens (tertiary/aromatic N) is 4.